The first-order chi connectivity index (χ1) is 15.3. The molecule has 3 heterocycles. The molecule has 2 saturated heterocycles. The Hall–Kier alpha value is -2.54. The summed E-state index contributed by atoms with van der Waals surface area (Å²) in [6, 6.07) is 4.26. The second kappa shape index (κ2) is 9.53. The van der Waals surface area contributed by atoms with Gasteiger partial charge in [0.1, 0.15) is 18.4 Å². The Morgan fingerprint density at radius 1 is 1.31 bits per heavy atom. The molecular formula is C20H24FN3O7S. The highest BCUT2D eigenvalue weighted by Gasteiger charge is 2.33. The van der Waals surface area contributed by atoms with Gasteiger partial charge in [-0.1, -0.05) is 0 Å². The lowest BCUT2D eigenvalue weighted by atomic mass is 10.2. The first-order valence-electron chi connectivity index (χ1n) is 10.2. The number of benzene rings is 1. The van der Waals surface area contributed by atoms with E-state index in [1.807, 2.05) is 0 Å². The number of carbonyl (C=O) groups is 1. The lowest BCUT2D eigenvalue weighted by Gasteiger charge is -2.22. The molecule has 0 aliphatic carbocycles. The standard InChI is InChI=1S/C20H24FN3O7S/c1-32(26,27)30-13-16-11-23(20(25)31-16)15-5-6-18(17(21)8-15)24-10-14(9-22-24)12-29-19-4-2-3-7-28-19/h5-6,8-10,16,19H,2-4,7,11-13H2,1H3. The Morgan fingerprint density at radius 2 is 2.16 bits per heavy atom. The van der Waals surface area contributed by atoms with Gasteiger partial charge >= 0.3 is 6.09 Å². The molecule has 32 heavy (non-hydrogen) atoms. The second-order valence-electron chi connectivity index (χ2n) is 7.64. The monoisotopic (exact) mass is 469 g/mol. The van der Waals surface area contributed by atoms with Crippen LogP contribution in [0, 0.1) is 5.82 Å². The maximum absolute atomic E-state index is 14.8. The Kier molecular flexibility index (Phi) is 6.74. The lowest BCUT2D eigenvalue weighted by Crippen LogP contribution is -2.26. The predicted octanol–water partition coefficient (Wildman–Crippen LogP) is 2.36. The quantitative estimate of drug-likeness (QED) is 0.542. The maximum atomic E-state index is 14.8. The normalized spacial score (nSPS) is 21.7. The number of ether oxygens (including phenoxy) is 3. The van der Waals surface area contributed by atoms with Crippen LogP contribution < -0.4 is 4.90 Å². The topological polar surface area (TPSA) is 109 Å². The van der Waals surface area contributed by atoms with Crippen LogP contribution in [0.5, 0.6) is 0 Å². The minimum Gasteiger partial charge on any atom is -0.441 e. The van der Waals surface area contributed by atoms with Crippen LogP contribution in [0.1, 0.15) is 24.8 Å². The molecule has 0 spiro atoms. The van der Waals surface area contributed by atoms with Crippen LogP contribution in [0.3, 0.4) is 0 Å². The number of amides is 1. The summed E-state index contributed by atoms with van der Waals surface area (Å²) in [5.74, 6) is -0.586. The molecule has 4 rings (SSSR count). The highest BCUT2D eigenvalue weighted by molar-refractivity contribution is 7.85. The number of hydrogen-bond acceptors (Lipinski definition) is 8. The molecule has 2 aliphatic rings. The largest absolute Gasteiger partial charge is 0.441 e. The van der Waals surface area contributed by atoms with E-state index >= 15 is 0 Å². The minimum absolute atomic E-state index is 0.0413. The molecule has 2 aliphatic heterocycles. The van der Waals surface area contributed by atoms with Crippen LogP contribution in [0.2, 0.25) is 0 Å². The Balaban J connectivity index is 1.39. The highest BCUT2D eigenvalue weighted by atomic mass is 32.2. The van der Waals surface area contributed by atoms with E-state index in [9.17, 15) is 17.6 Å². The van der Waals surface area contributed by atoms with Crippen LogP contribution in [0.4, 0.5) is 14.9 Å². The molecule has 0 radical (unpaired) electrons. The fraction of sp³-hybridized carbons (Fsp3) is 0.500. The van der Waals surface area contributed by atoms with Gasteiger partial charge in [0.25, 0.3) is 10.1 Å². The summed E-state index contributed by atoms with van der Waals surface area (Å²) < 4.78 is 59.4. The number of anilines is 1. The first kappa shape index (κ1) is 22.6. The average molecular weight is 469 g/mol. The molecule has 2 fully saturated rings. The van der Waals surface area contributed by atoms with Crippen LogP contribution in [0.25, 0.3) is 5.69 Å². The van der Waals surface area contributed by atoms with E-state index in [2.05, 4.69) is 9.28 Å². The molecule has 2 unspecified atom stereocenters. The minimum atomic E-state index is -3.66. The van der Waals surface area contributed by atoms with Gasteiger partial charge in [-0.25, -0.2) is 13.9 Å². The SMILES string of the molecule is CS(=O)(=O)OCC1CN(c2ccc(-n3cc(COC4CCCCO4)cn3)c(F)c2)C(=O)O1. The van der Waals surface area contributed by atoms with Crippen LogP contribution >= 0.6 is 0 Å². The Bertz CT molecular complexity index is 1070. The molecule has 0 bridgehead atoms. The van der Waals surface area contributed by atoms with Crippen LogP contribution in [0.15, 0.2) is 30.6 Å². The molecule has 1 aromatic carbocycles. The van der Waals surface area contributed by atoms with Crippen molar-refractivity contribution in [3.05, 3.63) is 42.0 Å². The molecule has 12 heteroatoms. The zero-order valence-corrected chi connectivity index (χ0v) is 18.3. The smallest absolute Gasteiger partial charge is 0.414 e. The van der Waals surface area contributed by atoms with E-state index in [-0.39, 0.29) is 30.8 Å². The zero-order chi connectivity index (χ0) is 22.7. The molecule has 0 N–H and O–H groups in total. The number of aromatic nitrogens is 2. The third-order valence-corrected chi connectivity index (χ3v) is 5.61. The summed E-state index contributed by atoms with van der Waals surface area (Å²) in [5.41, 5.74) is 1.26. The summed E-state index contributed by atoms with van der Waals surface area (Å²) >= 11 is 0. The molecule has 10 nitrogen and oxygen atoms in total. The van der Waals surface area contributed by atoms with Gasteiger partial charge in [0.05, 0.1) is 31.3 Å². The van der Waals surface area contributed by atoms with E-state index < -0.39 is 28.1 Å². The van der Waals surface area contributed by atoms with Crippen molar-refractivity contribution in [2.24, 2.45) is 0 Å². The fourth-order valence-corrected chi connectivity index (χ4v) is 3.87. The molecular weight excluding hydrogens is 445 g/mol. The van der Waals surface area contributed by atoms with E-state index in [0.717, 1.165) is 31.1 Å². The fourth-order valence-electron chi connectivity index (χ4n) is 3.47. The number of hydrogen-bond donors (Lipinski definition) is 0. The second-order valence-corrected chi connectivity index (χ2v) is 9.28. The van der Waals surface area contributed by atoms with Crippen molar-refractivity contribution in [2.45, 2.75) is 38.3 Å². The van der Waals surface area contributed by atoms with Crippen molar-refractivity contribution in [1.29, 1.82) is 0 Å². The average Bonchev–Trinajstić information content (AvgIpc) is 3.37. The van der Waals surface area contributed by atoms with Gasteiger partial charge in [-0.2, -0.15) is 13.5 Å². The molecule has 174 valence electrons. The van der Waals surface area contributed by atoms with Crippen molar-refractivity contribution < 1.29 is 36.0 Å². The third-order valence-electron chi connectivity index (χ3n) is 5.04. The van der Waals surface area contributed by atoms with Crippen LogP contribution in [-0.2, 0) is 35.1 Å². The molecule has 2 aromatic rings. The number of halogens is 1. The lowest BCUT2D eigenvalue weighted by molar-refractivity contribution is -0.168. The summed E-state index contributed by atoms with van der Waals surface area (Å²) in [7, 11) is -3.66. The Morgan fingerprint density at radius 3 is 2.88 bits per heavy atom. The number of rotatable bonds is 8. The number of nitrogens with zero attached hydrogens (tertiary/aromatic N) is 3. The molecule has 1 amide bonds. The van der Waals surface area contributed by atoms with Crippen molar-refractivity contribution >= 4 is 21.9 Å². The predicted molar refractivity (Wildman–Crippen MR) is 110 cm³/mol. The van der Waals surface area contributed by atoms with Gasteiger partial charge in [-0.05, 0) is 37.5 Å². The number of cyclic esters (lactones) is 1. The first-order valence-corrected chi connectivity index (χ1v) is 12.0. The van der Waals surface area contributed by atoms with E-state index in [0.29, 0.717) is 13.2 Å². The molecule has 2 atom stereocenters. The van der Waals surface area contributed by atoms with Gasteiger partial charge in [-0.15, -0.1) is 0 Å². The highest BCUT2D eigenvalue weighted by Crippen LogP contribution is 2.26. The van der Waals surface area contributed by atoms with Gasteiger partial charge in [0, 0.05) is 18.4 Å². The Labute approximate surface area is 184 Å². The van der Waals surface area contributed by atoms with Crippen molar-refractivity contribution in [2.75, 3.05) is 30.9 Å². The van der Waals surface area contributed by atoms with Crippen LogP contribution in [-0.4, -0.2) is 62.7 Å². The van der Waals surface area contributed by atoms with Gasteiger partial charge in [-0.3, -0.25) is 9.08 Å². The van der Waals surface area contributed by atoms with Gasteiger partial charge < -0.3 is 14.2 Å². The van der Waals surface area contributed by atoms with Gasteiger partial charge in [0.2, 0.25) is 0 Å². The van der Waals surface area contributed by atoms with Gasteiger partial charge in [0.15, 0.2) is 12.1 Å². The summed E-state index contributed by atoms with van der Waals surface area (Å²) in [6.45, 7) is 0.740. The zero-order valence-electron chi connectivity index (χ0n) is 17.5. The third kappa shape index (κ3) is 5.63. The summed E-state index contributed by atoms with van der Waals surface area (Å²) in [4.78, 5) is 13.3. The van der Waals surface area contributed by atoms with E-state index in [1.165, 1.54) is 21.7 Å². The van der Waals surface area contributed by atoms with Crippen molar-refractivity contribution in [1.82, 2.24) is 9.78 Å². The summed E-state index contributed by atoms with van der Waals surface area (Å²) in [6.07, 6.45) is 5.43. The number of carbonyl (C=O) groups excluding carboxylic acids is 1. The molecule has 0 saturated carbocycles. The molecule has 1 aromatic heterocycles. The van der Waals surface area contributed by atoms with E-state index in [1.54, 1.807) is 18.5 Å². The maximum Gasteiger partial charge on any atom is 0.414 e. The summed E-state index contributed by atoms with van der Waals surface area (Å²) in [5, 5.41) is 4.19. The van der Waals surface area contributed by atoms with E-state index in [4.69, 9.17) is 14.2 Å². The van der Waals surface area contributed by atoms with Crippen molar-refractivity contribution in [3.63, 3.8) is 0 Å². The van der Waals surface area contributed by atoms with Crippen molar-refractivity contribution in [3.8, 4) is 5.69 Å².